The van der Waals surface area contributed by atoms with Crippen molar-refractivity contribution in [2.24, 2.45) is 0 Å². The number of rotatable bonds is 3. The molecule has 2 aromatic carbocycles. The molecule has 104 valence electrons. The zero-order valence-electron chi connectivity index (χ0n) is 11.5. The highest BCUT2D eigenvalue weighted by Gasteiger charge is 2.08. The summed E-state index contributed by atoms with van der Waals surface area (Å²) in [6.45, 7) is 4.04. The van der Waals surface area contributed by atoms with Gasteiger partial charge in [0.2, 0.25) is 0 Å². The minimum atomic E-state index is 0.149. The van der Waals surface area contributed by atoms with Gasteiger partial charge in [0.1, 0.15) is 0 Å². The predicted molar refractivity (Wildman–Crippen MR) is 90.4 cm³/mol. The number of benzene rings is 2. The second-order valence-electron chi connectivity index (χ2n) is 4.64. The number of hydrogen-bond donors (Lipinski definition) is 2. The highest BCUT2D eigenvalue weighted by atomic mass is 35.5. The Bertz CT molecular complexity index is 599. The smallest absolute Gasteiger partial charge is 0.171 e. The van der Waals surface area contributed by atoms with Gasteiger partial charge in [-0.05, 0) is 49.3 Å². The lowest BCUT2D eigenvalue weighted by molar-refractivity contribution is 0.722. The van der Waals surface area contributed by atoms with Crippen molar-refractivity contribution in [3.63, 3.8) is 0 Å². The highest BCUT2D eigenvalue weighted by molar-refractivity contribution is 7.80. The van der Waals surface area contributed by atoms with Gasteiger partial charge in [0.15, 0.2) is 5.11 Å². The van der Waals surface area contributed by atoms with E-state index in [0.29, 0.717) is 5.11 Å². The third kappa shape index (κ3) is 3.71. The average molecular weight is 305 g/mol. The molecule has 0 heterocycles. The summed E-state index contributed by atoms with van der Waals surface area (Å²) in [6, 6.07) is 16.1. The molecular formula is C16H17ClN2S. The topological polar surface area (TPSA) is 24.1 Å². The molecule has 2 N–H and O–H groups in total. The van der Waals surface area contributed by atoms with E-state index in [4.69, 9.17) is 23.8 Å². The van der Waals surface area contributed by atoms with Crippen LogP contribution in [-0.2, 0) is 0 Å². The van der Waals surface area contributed by atoms with E-state index in [1.807, 2.05) is 43.3 Å². The van der Waals surface area contributed by atoms with Crippen molar-refractivity contribution in [2.75, 3.05) is 5.32 Å². The lowest BCUT2D eigenvalue weighted by Crippen LogP contribution is -2.31. The van der Waals surface area contributed by atoms with Crippen molar-refractivity contribution >= 4 is 34.6 Å². The molecule has 0 saturated heterocycles. The molecule has 0 saturated carbocycles. The van der Waals surface area contributed by atoms with Gasteiger partial charge in [-0.3, -0.25) is 0 Å². The van der Waals surface area contributed by atoms with E-state index in [-0.39, 0.29) is 6.04 Å². The summed E-state index contributed by atoms with van der Waals surface area (Å²) in [5.74, 6) is 0. The maximum absolute atomic E-state index is 6.10. The fourth-order valence-electron chi connectivity index (χ4n) is 1.92. The monoisotopic (exact) mass is 304 g/mol. The summed E-state index contributed by atoms with van der Waals surface area (Å²) in [6.07, 6.45) is 0. The summed E-state index contributed by atoms with van der Waals surface area (Å²) in [5.41, 5.74) is 3.11. The standard InChI is InChI=1S/C16H17ClN2S/c1-11-14(17)9-6-10-15(11)19-16(20)18-12(2)13-7-4-3-5-8-13/h3-10,12H,1-2H3,(H2,18,19,20). The Morgan fingerprint density at radius 3 is 2.50 bits per heavy atom. The molecule has 2 rings (SSSR count). The van der Waals surface area contributed by atoms with Crippen LogP contribution in [0.5, 0.6) is 0 Å². The van der Waals surface area contributed by atoms with E-state index >= 15 is 0 Å². The van der Waals surface area contributed by atoms with Gasteiger partial charge in [0.05, 0.1) is 6.04 Å². The van der Waals surface area contributed by atoms with Crippen molar-refractivity contribution in [1.82, 2.24) is 5.32 Å². The molecule has 2 aromatic rings. The summed E-state index contributed by atoms with van der Waals surface area (Å²) in [5, 5.41) is 7.78. The number of nitrogens with one attached hydrogen (secondary N) is 2. The molecule has 2 nitrogen and oxygen atoms in total. The first-order valence-electron chi connectivity index (χ1n) is 6.45. The number of anilines is 1. The SMILES string of the molecule is Cc1c(Cl)cccc1NC(=S)NC(C)c1ccccc1. The number of thiocarbonyl (C=S) groups is 1. The summed E-state index contributed by atoms with van der Waals surface area (Å²) >= 11 is 11.4. The van der Waals surface area contributed by atoms with Gasteiger partial charge in [-0.1, -0.05) is 48.0 Å². The molecule has 0 aromatic heterocycles. The first kappa shape index (κ1) is 14.8. The van der Waals surface area contributed by atoms with Gasteiger partial charge >= 0.3 is 0 Å². The van der Waals surface area contributed by atoms with Gasteiger partial charge in [-0.15, -0.1) is 0 Å². The first-order chi connectivity index (χ1) is 9.58. The largest absolute Gasteiger partial charge is 0.356 e. The van der Waals surface area contributed by atoms with Crippen LogP contribution in [0, 0.1) is 6.92 Å². The predicted octanol–water partition coefficient (Wildman–Crippen LogP) is 4.70. The molecule has 0 aliphatic heterocycles. The molecule has 0 bridgehead atoms. The van der Waals surface area contributed by atoms with Crippen molar-refractivity contribution in [3.8, 4) is 0 Å². The molecule has 0 fully saturated rings. The summed E-state index contributed by atoms with van der Waals surface area (Å²) in [7, 11) is 0. The Hall–Kier alpha value is -1.58. The van der Waals surface area contributed by atoms with Crippen LogP contribution in [0.4, 0.5) is 5.69 Å². The molecule has 1 unspecified atom stereocenters. The quantitative estimate of drug-likeness (QED) is 0.804. The van der Waals surface area contributed by atoms with Crippen molar-refractivity contribution in [3.05, 3.63) is 64.7 Å². The van der Waals surface area contributed by atoms with Crippen LogP contribution in [0.25, 0.3) is 0 Å². The average Bonchev–Trinajstić information content (AvgIpc) is 2.45. The number of halogens is 1. The lowest BCUT2D eigenvalue weighted by atomic mass is 10.1. The molecule has 1 atom stereocenters. The second-order valence-corrected chi connectivity index (χ2v) is 5.46. The molecule has 20 heavy (non-hydrogen) atoms. The third-order valence-electron chi connectivity index (χ3n) is 3.16. The van der Waals surface area contributed by atoms with Crippen LogP contribution < -0.4 is 10.6 Å². The van der Waals surface area contributed by atoms with Crippen molar-refractivity contribution in [1.29, 1.82) is 0 Å². The normalized spacial score (nSPS) is 11.8. The van der Waals surface area contributed by atoms with Crippen molar-refractivity contribution in [2.45, 2.75) is 19.9 Å². The maximum Gasteiger partial charge on any atom is 0.171 e. The Kier molecular flexibility index (Phi) is 4.99. The highest BCUT2D eigenvalue weighted by Crippen LogP contribution is 2.23. The van der Waals surface area contributed by atoms with Crippen LogP contribution >= 0.6 is 23.8 Å². The molecule has 4 heteroatoms. The van der Waals surface area contributed by atoms with E-state index in [0.717, 1.165) is 16.3 Å². The molecule has 0 spiro atoms. The Labute approximate surface area is 130 Å². The molecular weight excluding hydrogens is 288 g/mol. The zero-order chi connectivity index (χ0) is 14.5. The first-order valence-corrected chi connectivity index (χ1v) is 7.24. The Balaban J connectivity index is 2.01. The molecule has 0 aliphatic rings. The summed E-state index contributed by atoms with van der Waals surface area (Å²) in [4.78, 5) is 0. The van der Waals surface area contributed by atoms with Crippen LogP contribution in [0.2, 0.25) is 5.02 Å². The van der Waals surface area contributed by atoms with Crippen LogP contribution in [0.3, 0.4) is 0 Å². The van der Waals surface area contributed by atoms with Gasteiger partial charge in [-0.25, -0.2) is 0 Å². The lowest BCUT2D eigenvalue weighted by Gasteiger charge is -2.18. The fraction of sp³-hybridized carbons (Fsp3) is 0.188. The Morgan fingerprint density at radius 1 is 1.10 bits per heavy atom. The number of hydrogen-bond acceptors (Lipinski definition) is 1. The van der Waals surface area contributed by atoms with E-state index in [2.05, 4.69) is 29.7 Å². The van der Waals surface area contributed by atoms with Crippen molar-refractivity contribution < 1.29 is 0 Å². The van der Waals surface area contributed by atoms with Crippen LogP contribution in [0.1, 0.15) is 24.1 Å². The van der Waals surface area contributed by atoms with E-state index < -0.39 is 0 Å². The molecule has 0 aliphatic carbocycles. The maximum atomic E-state index is 6.10. The minimum Gasteiger partial charge on any atom is -0.356 e. The van der Waals surface area contributed by atoms with Gasteiger partial charge in [0, 0.05) is 10.7 Å². The second kappa shape index (κ2) is 6.73. The van der Waals surface area contributed by atoms with E-state index in [9.17, 15) is 0 Å². The summed E-state index contributed by atoms with van der Waals surface area (Å²) < 4.78 is 0. The van der Waals surface area contributed by atoms with Gasteiger partial charge in [0.25, 0.3) is 0 Å². The third-order valence-corrected chi connectivity index (χ3v) is 3.79. The minimum absolute atomic E-state index is 0.149. The van der Waals surface area contributed by atoms with Gasteiger partial charge in [-0.2, -0.15) is 0 Å². The van der Waals surface area contributed by atoms with Crippen LogP contribution in [0.15, 0.2) is 48.5 Å². The molecule has 0 amide bonds. The zero-order valence-corrected chi connectivity index (χ0v) is 13.1. The Morgan fingerprint density at radius 2 is 1.80 bits per heavy atom. The van der Waals surface area contributed by atoms with Gasteiger partial charge < -0.3 is 10.6 Å². The fourth-order valence-corrected chi connectivity index (χ4v) is 2.38. The van der Waals surface area contributed by atoms with E-state index in [1.165, 1.54) is 5.56 Å². The van der Waals surface area contributed by atoms with E-state index in [1.54, 1.807) is 0 Å². The molecule has 0 radical (unpaired) electrons. The van der Waals surface area contributed by atoms with Crippen LogP contribution in [-0.4, -0.2) is 5.11 Å².